The summed E-state index contributed by atoms with van der Waals surface area (Å²) < 4.78 is 28.2. The fourth-order valence-corrected chi connectivity index (χ4v) is 2.60. The van der Waals surface area contributed by atoms with Crippen LogP contribution in [0.5, 0.6) is 5.88 Å². The molecule has 1 aromatic rings. The quantitative estimate of drug-likeness (QED) is 0.761. The first kappa shape index (κ1) is 14.7. The summed E-state index contributed by atoms with van der Waals surface area (Å²) in [6.45, 7) is 3.47. The highest BCUT2D eigenvalue weighted by atomic mass is 32.2. The molecule has 102 valence electrons. The fourth-order valence-electron chi connectivity index (χ4n) is 1.41. The van der Waals surface area contributed by atoms with E-state index in [4.69, 9.17) is 4.74 Å². The number of nitrogens with zero attached hydrogens (tertiary/aromatic N) is 3. The average molecular weight is 273 g/mol. The van der Waals surface area contributed by atoms with E-state index in [0.29, 0.717) is 11.8 Å². The van der Waals surface area contributed by atoms with E-state index in [0.717, 1.165) is 0 Å². The van der Waals surface area contributed by atoms with Crippen LogP contribution in [0.4, 0.5) is 5.95 Å². The molecule has 7 heteroatoms. The van der Waals surface area contributed by atoms with Crippen molar-refractivity contribution in [2.45, 2.75) is 19.9 Å². The Morgan fingerprint density at radius 3 is 2.72 bits per heavy atom. The summed E-state index contributed by atoms with van der Waals surface area (Å²) in [6.07, 6.45) is 1.58. The molecule has 0 saturated carbocycles. The minimum Gasteiger partial charge on any atom is -0.481 e. The van der Waals surface area contributed by atoms with Crippen LogP contribution in [0.25, 0.3) is 0 Å². The Kier molecular flexibility index (Phi) is 4.89. The molecule has 1 unspecified atom stereocenters. The van der Waals surface area contributed by atoms with Gasteiger partial charge in [-0.05, 0) is 6.92 Å². The van der Waals surface area contributed by atoms with Gasteiger partial charge < -0.3 is 9.64 Å². The predicted molar refractivity (Wildman–Crippen MR) is 70.8 cm³/mol. The molecule has 0 saturated heterocycles. The molecular weight excluding hydrogens is 254 g/mol. The van der Waals surface area contributed by atoms with Crippen molar-refractivity contribution in [1.82, 2.24) is 9.97 Å². The number of sulfone groups is 1. The van der Waals surface area contributed by atoms with E-state index < -0.39 is 9.84 Å². The summed E-state index contributed by atoms with van der Waals surface area (Å²) in [4.78, 5) is 10.0. The summed E-state index contributed by atoms with van der Waals surface area (Å²) in [7, 11) is 0.277. The molecule has 1 heterocycles. The first-order valence-corrected chi connectivity index (χ1v) is 7.52. The van der Waals surface area contributed by atoms with Crippen molar-refractivity contribution >= 4 is 15.8 Å². The molecule has 1 rings (SSSR count). The molecule has 6 nitrogen and oxygen atoms in total. The smallest absolute Gasteiger partial charge is 0.228 e. The molecule has 0 aliphatic heterocycles. The zero-order chi connectivity index (χ0) is 13.8. The SMILES string of the molecule is CCS(=O)(=O)CC(C)N(C)c1nccc(OC)n1. The van der Waals surface area contributed by atoms with E-state index in [1.807, 2.05) is 6.92 Å². The highest BCUT2D eigenvalue weighted by Crippen LogP contribution is 2.14. The fraction of sp³-hybridized carbons (Fsp3) is 0.636. The van der Waals surface area contributed by atoms with Gasteiger partial charge in [-0.15, -0.1) is 0 Å². The summed E-state index contributed by atoms with van der Waals surface area (Å²) in [6, 6.07) is 1.45. The largest absolute Gasteiger partial charge is 0.481 e. The van der Waals surface area contributed by atoms with Gasteiger partial charge >= 0.3 is 0 Å². The zero-order valence-electron chi connectivity index (χ0n) is 11.1. The summed E-state index contributed by atoms with van der Waals surface area (Å²) in [5, 5.41) is 0. The van der Waals surface area contributed by atoms with Crippen molar-refractivity contribution in [1.29, 1.82) is 0 Å². The number of methoxy groups -OCH3 is 1. The van der Waals surface area contributed by atoms with Gasteiger partial charge in [0.15, 0.2) is 9.84 Å². The van der Waals surface area contributed by atoms with E-state index >= 15 is 0 Å². The average Bonchev–Trinajstić information content (AvgIpc) is 2.37. The van der Waals surface area contributed by atoms with E-state index in [9.17, 15) is 8.42 Å². The van der Waals surface area contributed by atoms with Crippen LogP contribution >= 0.6 is 0 Å². The third-order valence-corrected chi connectivity index (χ3v) is 4.61. The molecule has 18 heavy (non-hydrogen) atoms. The molecule has 1 atom stereocenters. The number of hydrogen-bond acceptors (Lipinski definition) is 6. The van der Waals surface area contributed by atoms with Gasteiger partial charge in [0.05, 0.1) is 12.9 Å². The van der Waals surface area contributed by atoms with E-state index in [2.05, 4.69) is 9.97 Å². The van der Waals surface area contributed by atoms with Gasteiger partial charge in [0.25, 0.3) is 0 Å². The molecule has 0 N–H and O–H groups in total. The lowest BCUT2D eigenvalue weighted by Crippen LogP contribution is -2.36. The van der Waals surface area contributed by atoms with Gasteiger partial charge in [-0.2, -0.15) is 4.98 Å². The first-order valence-electron chi connectivity index (χ1n) is 5.70. The summed E-state index contributed by atoms with van der Waals surface area (Å²) in [5.74, 6) is 1.13. The maximum Gasteiger partial charge on any atom is 0.228 e. The number of anilines is 1. The number of aromatic nitrogens is 2. The van der Waals surface area contributed by atoms with Crippen LogP contribution in [0.2, 0.25) is 0 Å². The highest BCUT2D eigenvalue weighted by Gasteiger charge is 2.19. The second-order valence-electron chi connectivity index (χ2n) is 4.06. The molecule has 0 spiro atoms. The highest BCUT2D eigenvalue weighted by molar-refractivity contribution is 7.91. The standard InChI is InChI=1S/C11H19N3O3S/c1-5-18(15,16)8-9(2)14(3)11-12-7-6-10(13-11)17-4/h6-7,9H,5,8H2,1-4H3. The topological polar surface area (TPSA) is 72.4 Å². The number of rotatable bonds is 6. The number of ether oxygens (including phenoxy) is 1. The molecule has 0 aliphatic carbocycles. The Morgan fingerprint density at radius 1 is 1.50 bits per heavy atom. The van der Waals surface area contributed by atoms with Crippen molar-refractivity contribution in [2.75, 3.05) is 30.6 Å². The third kappa shape index (κ3) is 3.83. The van der Waals surface area contributed by atoms with Crippen LogP contribution in [-0.2, 0) is 9.84 Å². The van der Waals surface area contributed by atoms with Crippen LogP contribution < -0.4 is 9.64 Å². The number of hydrogen-bond donors (Lipinski definition) is 0. The van der Waals surface area contributed by atoms with Crippen LogP contribution in [0.1, 0.15) is 13.8 Å². The van der Waals surface area contributed by atoms with Gasteiger partial charge in [0, 0.05) is 31.1 Å². The molecule has 1 aromatic heterocycles. The van der Waals surface area contributed by atoms with Crippen LogP contribution in [0.3, 0.4) is 0 Å². The van der Waals surface area contributed by atoms with Crippen LogP contribution in [0, 0.1) is 0 Å². The van der Waals surface area contributed by atoms with Crippen molar-refractivity contribution in [3.8, 4) is 5.88 Å². The maximum absolute atomic E-state index is 11.6. The molecule has 0 amide bonds. The Morgan fingerprint density at radius 2 is 2.17 bits per heavy atom. The van der Waals surface area contributed by atoms with Gasteiger partial charge in [-0.25, -0.2) is 13.4 Å². The lowest BCUT2D eigenvalue weighted by molar-refractivity contribution is 0.396. The predicted octanol–water partition coefficient (Wildman–Crippen LogP) is 0.745. The summed E-state index contributed by atoms with van der Waals surface area (Å²) in [5.41, 5.74) is 0. The van der Waals surface area contributed by atoms with Gasteiger partial charge in [0.2, 0.25) is 11.8 Å². The van der Waals surface area contributed by atoms with Gasteiger partial charge in [0.1, 0.15) is 0 Å². The lowest BCUT2D eigenvalue weighted by Gasteiger charge is -2.24. The third-order valence-electron chi connectivity index (χ3n) is 2.74. The van der Waals surface area contributed by atoms with Crippen molar-refractivity contribution in [2.24, 2.45) is 0 Å². The van der Waals surface area contributed by atoms with Gasteiger partial charge in [-0.1, -0.05) is 6.92 Å². The lowest BCUT2D eigenvalue weighted by atomic mass is 10.3. The molecule has 0 bridgehead atoms. The van der Waals surface area contributed by atoms with Crippen LogP contribution in [-0.4, -0.2) is 50.1 Å². The Balaban J connectivity index is 2.82. The normalized spacial score (nSPS) is 13.1. The molecule has 0 aromatic carbocycles. The first-order chi connectivity index (χ1) is 8.39. The second-order valence-corrected chi connectivity index (χ2v) is 6.46. The zero-order valence-corrected chi connectivity index (χ0v) is 11.9. The van der Waals surface area contributed by atoms with Crippen molar-refractivity contribution in [3.63, 3.8) is 0 Å². The molecular formula is C11H19N3O3S. The maximum atomic E-state index is 11.6. The van der Waals surface area contributed by atoms with Crippen molar-refractivity contribution in [3.05, 3.63) is 12.3 Å². The van der Waals surface area contributed by atoms with Crippen LogP contribution in [0.15, 0.2) is 12.3 Å². The molecule has 0 aliphatic rings. The Labute approximate surface area is 108 Å². The van der Waals surface area contributed by atoms with E-state index in [1.165, 1.54) is 7.11 Å². The second kappa shape index (κ2) is 5.99. The Hall–Kier alpha value is -1.37. The van der Waals surface area contributed by atoms with E-state index in [-0.39, 0.29) is 17.5 Å². The Bertz CT molecular complexity index is 490. The van der Waals surface area contributed by atoms with Crippen molar-refractivity contribution < 1.29 is 13.2 Å². The van der Waals surface area contributed by atoms with Gasteiger partial charge in [-0.3, -0.25) is 0 Å². The van der Waals surface area contributed by atoms with E-state index in [1.54, 1.807) is 31.1 Å². The minimum atomic E-state index is -3.02. The minimum absolute atomic E-state index is 0.0839. The molecule has 0 fully saturated rings. The molecule has 0 radical (unpaired) electrons. The monoisotopic (exact) mass is 273 g/mol. The summed E-state index contributed by atoms with van der Waals surface area (Å²) >= 11 is 0.